The van der Waals surface area contributed by atoms with Crippen LogP contribution in [0.15, 0.2) is 10.6 Å². The van der Waals surface area contributed by atoms with Crippen molar-refractivity contribution >= 4 is 5.91 Å². The second kappa shape index (κ2) is 6.91. The molecule has 126 valence electrons. The van der Waals surface area contributed by atoms with Crippen molar-refractivity contribution < 1.29 is 14.1 Å². The Balaban J connectivity index is 2.08. The van der Waals surface area contributed by atoms with Gasteiger partial charge < -0.3 is 14.2 Å². The Morgan fingerprint density at radius 1 is 1.43 bits per heavy atom. The van der Waals surface area contributed by atoms with Gasteiger partial charge in [0.25, 0.3) is 5.91 Å². The maximum Gasteiger partial charge on any atom is 0.274 e. The molecule has 0 bridgehead atoms. The number of ether oxygens (including phenoxy) is 1. The van der Waals surface area contributed by atoms with Crippen molar-refractivity contribution in [2.45, 2.75) is 39.3 Å². The van der Waals surface area contributed by atoms with E-state index in [0.29, 0.717) is 23.3 Å². The summed E-state index contributed by atoms with van der Waals surface area (Å²) < 4.78 is 12.0. The van der Waals surface area contributed by atoms with Crippen molar-refractivity contribution in [1.82, 2.24) is 24.8 Å². The average molecular weight is 321 g/mol. The Hall–Kier alpha value is -2.22. The van der Waals surface area contributed by atoms with E-state index in [0.717, 1.165) is 5.69 Å². The molecule has 1 unspecified atom stereocenters. The standard InChI is InChI=1S/C15H23N5O3/c1-9(2)12-7-11(17-20(12)5)15(21)19(4)8-13-16-14(18-23-13)10(3)22-6/h7,9-10H,8H2,1-6H3. The first-order valence-corrected chi connectivity index (χ1v) is 7.48. The topological polar surface area (TPSA) is 86.3 Å². The van der Waals surface area contributed by atoms with E-state index >= 15 is 0 Å². The molecule has 8 nitrogen and oxygen atoms in total. The van der Waals surface area contributed by atoms with Gasteiger partial charge in [-0.25, -0.2) is 0 Å². The minimum atomic E-state index is -0.252. The second-order valence-electron chi connectivity index (χ2n) is 5.82. The molecule has 2 aromatic rings. The van der Waals surface area contributed by atoms with E-state index in [1.807, 2.05) is 20.0 Å². The van der Waals surface area contributed by atoms with Crippen LogP contribution in [0.5, 0.6) is 0 Å². The molecular weight excluding hydrogens is 298 g/mol. The highest BCUT2D eigenvalue weighted by Gasteiger charge is 2.21. The molecule has 0 aliphatic rings. The van der Waals surface area contributed by atoms with E-state index < -0.39 is 0 Å². The first-order valence-electron chi connectivity index (χ1n) is 7.48. The van der Waals surface area contributed by atoms with Crippen LogP contribution >= 0.6 is 0 Å². The summed E-state index contributed by atoms with van der Waals surface area (Å²) in [7, 11) is 5.09. The quantitative estimate of drug-likeness (QED) is 0.808. The molecule has 1 amide bonds. The molecule has 1 atom stereocenters. The van der Waals surface area contributed by atoms with Crippen molar-refractivity contribution in [3.05, 3.63) is 29.2 Å². The lowest BCUT2D eigenvalue weighted by atomic mass is 10.1. The van der Waals surface area contributed by atoms with Crippen molar-refractivity contribution in [3.63, 3.8) is 0 Å². The number of nitrogens with zero attached hydrogens (tertiary/aromatic N) is 5. The van der Waals surface area contributed by atoms with Gasteiger partial charge in [-0.2, -0.15) is 10.1 Å². The zero-order valence-electron chi connectivity index (χ0n) is 14.4. The Morgan fingerprint density at radius 3 is 2.70 bits per heavy atom. The lowest BCUT2D eigenvalue weighted by Crippen LogP contribution is -2.26. The minimum Gasteiger partial charge on any atom is -0.374 e. The van der Waals surface area contributed by atoms with Crippen LogP contribution in [0.4, 0.5) is 0 Å². The molecule has 2 aromatic heterocycles. The van der Waals surface area contributed by atoms with Gasteiger partial charge in [-0.15, -0.1) is 0 Å². The van der Waals surface area contributed by atoms with Crippen LogP contribution in [-0.4, -0.2) is 44.9 Å². The molecular formula is C15H23N5O3. The summed E-state index contributed by atoms with van der Waals surface area (Å²) in [5.74, 6) is 0.934. The van der Waals surface area contributed by atoms with Gasteiger partial charge in [0.15, 0.2) is 11.5 Å². The molecule has 2 rings (SSSR count). The van der Waals surface area contributed by atoms with Crippen LogP contribution in [0.1, 0.15) is 60.7 Å². The maximum absolute atomic E-state index is 12.5. The summed E-state index contributed by atoms with van der Waals surface area (Å²) in [5, 5.41) is 8.12. The number of hydrogen-bond acceptors (Lipinski definition) is 6. The molecule has 0 radical (unpaired) electrons. The van der Waals surface area contributed by atoms with Gasteiger partial charge in [-0.05, 0) is 18.9 Å². The number of amides is 1. The van der Waals surface area contributed by atoms with E-state index in [1.165, 1.54) is 4.90 Å². The fourth-order valence-corrected chi connectivity index (χ4v) is 2.20. The van der Waals surface area contributed by atoms with Gasteiger partial charge >= 0.3 is 0 Å². The summed E-state index contributed by atoms with van der Waals surface area (Å²) >= 11 is 0. The normalized spacial score (nSPS) is 12.7. The number of hydrogen-bond donors (Lipinski definition) is 0. The SMILES string of the molecule is COC(C)c1noc(CN(C)C(=O)c2cc(C(C)C)n(C)n2)n1. The summed E-state index contributed by atoms with van der Waals surface area (Å²) in [6.07, 6.45) is -0.252. The lowest BCUT2D eigenvalue weighted by Gasteiger charge is -2.12. The monoisotopic (exact) mass is 321 g/mol. The Kier molecular flexibility index (Phi) is 5.15. The predicted molar refractivity (Wildman–Crippen MR) is 82.8 cm³/mol. The Bertz CT molecular complexity index is 676. The summed E-state index contributed by atoms with van der Waals surface area (Å²) in [6.45, 7) is 6.17. The van der Waals surface area contributed by atoms with Gasteiger partial charge in [-0.3, -0.25) is 9.48 Å². The first kappa shape index (κ1) is 17.1. The smallest absolute Gasteiger partial charge is 0.274 e. The van der Waals surface area contributed by atoms with Crippen molar-refractivity contribution in [2.75, 3.05) is 14.2 Å². The number of aryl methyl sites for hydroxylation is 1. The molecule has 0 aliphatic carbocycles. The highest BCUT2D eigenvalue weighted by Crippen LogP contribution is 2.17. The molecule has 0 aromatic carbocycles. The number of methoxy groups -OCH3 is 1. The van der Waals surface area contributed by atoms with Crippen LogP contribution in [0, 0.1) is 0 Å². The third-order valence-electron chi connectivity index (χ3n) is 3.65. The zero-order chi connectivity index (χ0) is 17.1. The first-order chi connectivity index (χ1) is 10.8. The predicted octanol–water partition coefficient (Wildman–Crippen LogP) is 1.91. The van der Waals surface area contributed by atoms with Gasteiger partial charge in [0.1, 0.15) is 12.6 Å². The number of aromatic nitrogens is 4. The molecule has 0 fully saturated rings. The van der Waals surface area contributed by atoms with Crippen LogP contribution in [0.3, 0.4) is 0 Å². The average Bonchev–Trinajstić information content (AvgIpc) is 3.12. The summed E-state index contributed by atoms with van der Waals surface area (Å²) in [5.41, 5.74) is 1.42. The lowest BCUT2D eigenvalue weighted by molar-refractivity contribution is 0.0763. The molecule has 0 N–H and O–H groups in total. The highest BCUT2D eigenvalue weighted by molar-refractivity contribution is 5.92. The largest absolute Gasteiger partial charge is 0.374 e. The third kappa shape index (κ3) is 3.76. The van der Waals surface area contributed by atoms with E-state index in [9.17, 15) is 4.79 Å². The van der Waals surface area contributed by atoms with Crippen molar-refractivity contribution in [1.29, 1.82) is 0 Å². The molecule has 0 aliphatic heterocycles. The number of carbonyl (C=O) groups excluding carboxylic acids is 1. The third-order valence-corrected chi connectivity index (χ3v) is 3.65. The van der Waals surface area contributed by atoms with E-state index in [4.69, 9.17) is 9.26 Å². The summed E-state index contributed by atoms with van der Waals surface area (Å²) in [6, 6.07) is 1.82. The summed E-state index contributed by atoms with van der Waals surface area (Å²) in [4.78, 5) is 18.2. The highest BCUT2D eigenvalue weighted by atomic mass is 16.5. The van der Waals surface area contributed by atoms with Crippen LogP contribution in [0.2, 0.25) is 0 Å². The molecule has 23 heavy (non-hydrogen) atoms. The molecule has 2 heterocycles. The molecule has 8 heteroatoms. The number of carbonyl (C=O) groups is 1. The fourth-order valence-electron chi connectivity index (χ4n) is 2.20. The molecule has 0 saturated heterocycles. The molecule has 0 spiro atoms. The van der Waals surface area contributed by atoms with Crippen molar-refractivity contribution in [3.8, 4) is 0 Å². The Labute approximate surface area is 135 Å². The second-order valence-corrected chi connectivity index (χ2v) is 5.82. The minimum absolute atomic E-state index is 0.188. The van der Waals surface area contributed by atoms with Crippen LogP contribution in [-0.2, 0) is 18.3 Å². The molecule has 0 saturated carbocycles. The van der Waals surface area contributed by atoms with Crippen LogP contribution < -0.4 is 0 Å². The van der Waals surface area contributed by atoms with Gasteiger partial charge in [0, 0.05) is 26.9 Å². The zero-order valence-corrected chi connectivity index (χ0v) is 14.4. The van der Waals surface area contributed by atoms with Gasteiger partial charge in [-0.1, -0.05) is 19.0 Å². The maximum atomic E-state index is 12.5. The number of rotatable bonds is 6. The van der Waals surface area contributed by atoms with E-state index in [2.05, 4.69) is 29.1 Å². The van der Waals surface area contributed by atoms with Crippen molar-refractivity contribution in [2.24, 2.45) is 7.05 Å². The van der Waals surface area contributed by atoms with Gasteiger partial charge in [0.2, 0.25) is 5.89 Å². The fraction of sp³-hybridized carbons (Fsp3) is 0.600. The Morgan fingerprint density at radius 2 is 2.13 bits per heavy atom. The van der Waals surface area contributed by atoms with Crippen LogP contribution in [0.25, 0.3) is 0 Å². The van der Waals surface area contributed by atoms with Gasteiger partial charge in [0.05, 0.1) is 0 Å². The van der Waals surface area contributed by atoms with E-state index in [-0.39, 0.29) is 18.6 Å². The van der Waals surface area contributed by atoms with E-state index in [1.54, 1.807) is 18.8 Å².